The molecule has 1 atom stereocenters. The molecule has 0 saturated carbocycles. The molecule has 1 fully saturated rings. The summed E-state index contributed by atoms with van der Waals surface area (Å²) in [5.74, 6) is 0.377. The highest BCUT2D eigenvalue weighted by molar-refractivity contribution is 7.89. The fourth-order valence-corrected chi connectivity index (χ4v) is 4.30. The molecular formula is C11H21NO3S. The zero-order valence-corrected chi connectivity index (χ0v) is 11.1. The summed E-state index contributed by atoms with van der Waals surface area (Å²) in [4.78, 5) is 11.1. The number of hydrogen-bond donors (Lipinski definition) is 0. The standard InChI is InChI=1S/C11H21NO3S/c1-9(2)8-16(14,15)12-6-4-5-11(12)7-10(3)13/h9,11H,4-8H2,1-3H3. The molecule has 1 heterocycles. The lowest BCUT2D eigenvalue weighted by molar-refractivity contribution is -0.117. The zero-order valence-electron chi connectivity index (χ0n) is 10.3. The van der Waals surface area contributed by atoms with Gasteiger partial charge in [-0.2, -0.15) is 4.31 Å². The minimum atomic E-state index is -3.17. The van der Waals surface area contributed by atoms with Crippen LogP contribution in [0.25, 0.3) is 0 Å². The highest BCUT2D eigenvalue weighted by Crippen LogP contribution is 2.24. The first-order chi connectivity index (χ1) is 7.33. The minimum Gasteiger partial charge on any atom is -0.300 e. The van der Waals surface area contributed by atoms with E-state index in [1.165, 1.54) is 11.2 Å². The van der Waals surface area contributed by atoms with Crippen LogP contribution >= 0.6 is 0 Å². The van der Waals surface area contributed by atoms with Crippen molar-refractivity contribution in [2.45, 2.75) is 46.1 Å². The van der Waals surface area contributed by atoms with Crippen molar-refractivity contribution in [2.75, 3.05) is 12.3 Å². The Morgan fingerprint density at radius 2 is 2.06 bits per heavy atom. The summed E-state index contributed by atoms with van der Waals surface area (Å²) in [6.07, 6.45) is 2.05. The van der Waals surface area contributed by atoms with E-state index in [2.05, 4.69) is 0 Å². The number of ketones is 1. The van der Waals surface area contributed by atoms with E-state index in [1.807, 2.05) is 13.8 Å². The lowest BCUT2D eigenvalue weighted by Gasteiger charge is -2.24. The number of carbonyl (C=O) groups is 1. The number of hydrogen-bond acceptors (Lipinski definition) is 3. The van der Waals surface area contributed by atoms with Gasteiger partial charge in [0.05, 0.1) is 5.75 Å². The molecule has 16 heavy (non-hydrogen) atoms. The van der Waals surface area contributed by atoms with Gasteiger partial charge in [-0.25, -0.2) is 8.42 Å². The minimum absolute atomic E-state index is 0.0663. The Labute approximate surface area is 98.1 Å². The average Bonchev–Trinajstić information content (AvgIpc) is 2.48. The van der Waals surface area contributed by atoms with Crippen molar-refractivity contribution < 1.29 is 13.2 Å². The van der Waals surface area contributed by atoms with Gasteiger partial charge in [0.2, 0.25) is 10.0 Å². The molecule has 0 aliphatic carbocycles. The molecule has 0 spiro atoms. The fraction of sp³-hybridized carbons (Fsp3) is 0.909. The molecule has 94 valence electrons. The van der Waals surface area contributed by atoms with Gasteiger partial charge in [-0.15, -0.1) is 0 Å². The monoisotopic (exact) mass is 247 g/mol. The van der Waals surface area contributed by atoms with Crippen molar-refractivity contribution in [3.8, 4) is 0 Å². The Kier molecular flexibility index (Phi) is 4.50. The number of rotatable bonds is 5. The van der Waals surface area contributed by atoms with E-state index in [0.29, 0.717) is 13.0 Å². The van der Waals surface area contributed by atoms with Gasteiger partial charge in [0.15, 0.2) is 0 Å². The Morgan fingerprint density at radius 1 is 1.44 bits per heavy atom. The van der Waals surface area contributed by atoms with Crippen molar-refractivity contribution in [1.29, 1.82) is 0 Å². The van der Waals surface area contributed by atoms with Crippen LogP contribution in [0.15, 0.2) is 0 Å². The van der Waals surface area contributed by atoms with Crippen LogP contribution in [-0.4, -0.2) is 36.8 Å². The Morgan fingerprint density at radius 3 is 2.56 bits per heavy atom. The molecule has 1 unspecified atom stereocenters. The van der Waals surface area contributed by atoms with Crippen LogP contribution in [-0.2, 0) is 14.8 Å². The molecule has 0 N–H and O–H groups in total. The van der Waals surface area contributed by atoms with Gasteiger partial charge in [-0.1, -0.05) is 13.8 Å². The SMILES string of the molecule is CC(=O)CC1CCCN1S(=O)(=O)CC(C)C. The van der Waals surface area contributed by atoms with Crippen LogP contribution in [0.5, 0.6) is 0 Å². The van der Waals surface area contributed by atoms with Crippen LogP contribution in [0.4, 0.5) is 0 Å². The number of carbonyl (C=O) groups excluding carboxylic acids is 1. The van der Waals surface area contributed by atoms with E-state index in [4.69, 9.17) is 0 Å². The molecule has 0 radical (unpaired) electrons. The smallest absolute Gasteiger partial charge is 0.214 e. The van der Waals surface area contributed by atoms with Crippen molar-refractivity contribution in [1.82, 2.24) is 4.31 Å². The third kappa shape index (κ3) is 3.56. The van der Waals surface area contributed by atoms with Crippen LogP contribution < -0.4 is 0 Å². The summed E-state index contributed by atoms with van der Waals surface area (Å²) in [5.41, 5.74) is 0. The van der Waals surface area contributed by atoms with Gasteiger partial charge in [-0.3, -0.25) is 4.79 Å². The number of Topliss-reactive ketones (excluding diaryl/α,β-unsaturated/α-hetero) is 1. The molecule has 0 bridgehead atoms. The average molecular weight is 247 g/mol. The van der Waals surface area contributed by atoms with Crippen LogP contribution in [0, 0.1) is 5.92 Å². The van der Waals surface area contributed by atoms with Crippen molar-refractivity contribution in [3.05, 3.63) is 0 Å². The Bertz CT molecular complexity index is 348. The van der Waals surface area contributed by atoms with Gasteiger partial charge in [-0.05, 0) is 25.7 Å². The highest BCUT2D eigenvalue weighted by Gasteiger charge is 2.34. The van der Waals surface area contributed by atoms with E-state index in [1.54, 1.807) is 0 Å². The Balaban J connectivity index is 2.74. The van der Waals surface area contributed by atoms with Crippen molar-refractivity contribution in [2.24, 2.45) is 5.92 Å². The normalized spacial score (nSPS) is 22.9. The summed E-state index contributed by atoms with van der Waals surface area (Å²) < 4.78 is 25.6. The molecule has 5 heteroatoms. The molecule has 0 aromatic heterocycles. The molecule has 1 aliphatic heterocycles. The second-order valence-corrected chi connectivity index (χ2v) is 6.95. The fourth-order valence-electron chi connectivity index (χ4n) is 2.23. The second kappa shape index (κ2) is 5.27. The van der Waals surface area contributed by atoms with Gasteiger partial charge >= 0.3 is 0 Å². The predicted molar refractivity (Wildman–Crippen MR) is 63.7 cm³/mol. The van der Waals surface area contributed by atoms with E-state index in [9.17, 15) is 13.2 Å². The van der Waals surface area contributed by atoms with Crippen molar-refractivity contribution >= 4 is 15.8 Å². The first-order valence-corrected chi connectivity index (χ1v) is 7.43. The van der Waals surface area contributed by atoms with Gasteiger partial charge in [0, 0.05) is 19.0 Å². The van der Waals surface area contributed by atoms with E-state index >= 15 is 0 Å². The van der Waals surface area contributed by atoms with E-state index in [-0.39, 0.29) is 23.5 Å². The molecule has 4 nitrogen and oxygen atoms in total. The van der Waals surface area contributed by atoms with Gasteiger partial charge < -0.3 is 0 Å². The van der Waals surface area contributed by atoms with Crippen molar-refractivity contribution in [3.63, 3.8) is 0 Å². The summed E-state index contributed by atoms with van der Waals surface area (Å²) in [6, 6.07) is -0.0961. The predicted octanol–water partition coefficient (Wildman–Crippen LogP) is 1.42. The summed E-state index contributed by atoms with van der Waals surface area (Å²) in [5, 5.41) is 0. The molecule has 1 rings (SSSR count). The zero-order chi connectivity index (χ0) is 12.3. The Hall–Kier alpha value is -0.420. The molecule has 0 aromatic carbocycles. The second-order valence-electron chi connectivity index (χ2n) is 4.99. The lowest BCUT2D eigenvalue weighted by atomic mass is 10.1. The number of nitrogens with zero attached hydrogens (tertiary/aromatic N) is 1. The molecule has 0 aromatic rings. The maximum absolute atomic E-state index is 12.0. The van der Waals surface area contributed by atoms with E-state index in [0.717, 1.165) is 12.8 Å². The van der Waals surface area contributed by atoms with Crippen LogP contribution in [0.1, 0.15) is 40.0 Å². The summed E-state index contributed by atoms with van der Waals surface area (Å²) in [7, 11) is -3.17. The van der Waals surface area contributed by atoms with Crippen LogP contribution in [0.3, 0.4) is 0 Å². The summed E-state index contributed by atoms with van der Waals surface area (Å²) >= 11 is 0. The van der Waals surface area contributed by atoms with Gasteiger partial charge in [0.25, 0.3) is 0 Å². The first kappa shape index (κ1) is 13.6. The van der Waals surface area contributed by atoms with Crippen LogP contribution in [0.2, 0.25) is 0 Å². The maximum atomic E-state index is 12.0. The molecular weight excluding hydrogens is 226 g/mol. The topological polar surface area (TPSA) is 54.5 Å². The third-order valence-corrected chi connectivity index (χ3v) is 5.03. The molecule has 1 saturated heterocycles. The number of sulfonamides is 1. The highest BCUT2D eigenvalue weighted by atomic mass is 32.2. The molecule has 0 amide bonds. The lowest BCUT2D eigenvalue weighted by Crippen LogP contribution is -2.39. The molecule has 1 aliphatic rings. The summed E-state index contributed by atoms with van der Waals surface area (Å²) in [6.45, 7) is 5.89. The maximum Gasteiger partial charge on any atom is 0.214 e. The van der Waals surface area contributed by atoms with Gasteiger partial charge in [0.1, 0.15) is 5.78 Å². The largest absolute Gasteiger partial charge is 0.300 e. The third-order valence-electron chi connectivity index (χ3n) is 2.75. The first-order valence-electron chi connectivity index (χ1n) is 5.82. The van der Waals surface area contributed by atoms with E-state index < -0.39 is 10.0 Å². The quantitative estimate of drug-likeness (QED) is 0.738.